The first-order valence-electron chi connectivity index (χ1n) is 5.96. The van der Waals surface area contributed by atoms with Crippen LogP contribution in [0.15, 0.2) is 46.3 Å². The monoisotopic (exact) mass is 338 g/mol. The topological polar surface area (TPSA) is 32.3 Å². The molecule has 1 aromatic carbocycles. The van der Waals surface area contributed by atoms with Crippen LogP contribution in [0.5, 0.6) is 0 Å². The van der Waals surface area contributed by atoms with Gasteiger partial charge in [-0.05, 0) is 40.2 Å². The van der Waals surface area contributed by atoms with E-state index in [0.717, 1.165) is 20.9 Å². The Kier molecular flexibility index (Phi) is 4.99. The number of halogens is 1. The standard InChI is InChI=1S/C14H15BrN2OS/c1-17(11-5-3-2-4-6-11)10-9-16-14(18)12-7-8-13(15)19-12/h2-8H,9-10H2,1H3,(H,16,18). The zero-order valence-corrected chi connectivity index (χ0v) is 13.0. The molecule has 5 heteroatoms. The maximum Gasteiger partial charge on any atom is 0.261 e. The van der Waals surface area contributed by atoms with Crippen LogP contribution in [0.1, 0.15) is 9.67 Å². The molecule has 0 bridgehead atoms. The Bertz CT molecular complexity index is 541. The Morgan fingerprint density at radius 2 is 2.00 bits per heavy atom. The van der Waals surface area contributed by atoms with Crippen molar-refractivity contribution in [2.45, 2.75) is 0 Å². The van der Waals surface area contributed by atoms with E-state index in [4.69, 9.17) is 0 Å². The Hall–Kier alpha value is -1.33. The summed E-state index contributed by atoms with van der Waals surface area (Å²) in [6, 6.07) is 13.8. The number of anilines is 1. The number of carbonyl (C=O) groups is 1. The van der Waals surface area contributed by atoms with Gasteiger partial charge in [-0.3, -0.25) is 4.79 Å². The van der Waals surface area contributed by atoms with Gasteiger partial charge in [-0.2, -0.15) is 0 Å². The molecule has 0 fully saturated rings. The van der Waals surface area contributed by atoms with Crippen LogP contribution in [-0.4, -0.2) is 26.0 Å². The summed E-state index contributed by atoms with van der Waals surface area (Å²) < 4.78 is 0.971. The number of hydrogen-bond acceptors (Lipinski definition) is 3. The Morgan fingerprint density at radius 3 is 2.63 bits per heavy atom. The number of thiophene rings is 1. The molecule has 100 valence electrons. The summed E-state index contributed by atoms with van der Waals surface area (Å²) in [5.74, 6) is -0.0165. The van der Waals surface area contributed by atoms with Crippen molar-refractivity contribution in [1.29, 1.82) is 0 Å². The summed E-state index contributed by atoms with van der Waals surface area (Å²) >= 11 is 4.79. The van der Waals surface area contributed by atoms with Gasteiger partial charge >= 0.3 is 0 Å². The molecule has 0 saturated heterocycles. The molecular formula is C14H15BrN2OS. The van der Waals surface area contributed by atoms with Crippen LogP contribution in [0.25, 0.3) is 0 Å². The van der Waals surface area contributed by atoms with Crippen LogP contribution >= 0.6 is 27.3 Å². The van der Waals surface area contributed by atoms with E-state index >= 15 is 0 Å². The lowest BCUT2D eigenvalue weighted by atomic mass is 10.3. The molecule has 1 amide bonds. The van der Waals surface area contributed by atoms with E-state index < -0.39 is 0 Å². The summed E-state index contributed by atoms with van der Waals surface area (Å²) in [6.07, 6.45) is 0. The molecule has 19 heavy (non-hydrogen) atoms. The minimum atomic E-state index is -0.0165. The summed E-state index contributed by atoms with van der Waals surface area (Å²) in [5.41, 5.74) is 1.15. The summed E-state index contributed by atoms with van der Waals surface area (Å²) in [4.78, 5) is 14.7. The average Bonchev–Trinajstić information content (AvgIpc) is 2.86. The van der Waals surface area contributed by atoms with Gasteiger partial charge in [-0.15, -0.1) is 11.3 Å². The second kappa shape index (κ2) is 6.73. The Balaban J connectivity index is 1.79. The van der Waals surface area contributed by atoms with Gasteiger partial charge in [0.05, 0.1) is 8.66 Å². The Labute approximate surface area is 125 Å². The largest absolute Gasteiger partial charge is 0.373 e. The first-order valence-corrected chi connectivity index (χ1v) is 7.57. The molecule has 0 aliphatic carbocycles. The van der Waals surface area contributed by atoms with Gasteiger partial charge in [-0.1, -0.05) is 18.2 Å². The SMILES string of the molecule is CN(CCNC(=O)c1ccc(Br)s1)c1ccccc1. The third-order valence-electron chi connectivity index (χ3n) is 2.73. The van der Waals surface area contributed by atoms with Crippen molar-refractivity contribution in [3.05, 3.63) is 51.1 Å². The van der Waals surface area contributed by atoms with Gasteiger partial charge < -0.3 is 10.2 Å². The fraction of sp³-hybridized carbons (Fsp3) is 0.214. The van der Waals surface area contributed by atoms with Crippen molar-refractivity contribution in [2.24, 2.45) is 0 Å². The second-order valence-electron chi connectivity index (χ2n) is 4.12. The van der Waals surface area contributed by atoms with Crippen molar-refractivity contribution < 1.29 is 4.79 Å². The highest BCUT2D eigenvalue weighted by Gasteiger charge is 2.08. The third-order valence-corrected chi connectivity index (χ3v) is 4.35. The molecule has 0 aliphatic rings. The first-order chi connectivity index (χ1) is 9.16. The lowest BCUT2D eigenvalue weighted by molar-refractivity contribution is 0.0959. The number of para-hydroxylation sites is 1. The van der Waals surface area contributed by atoms with Crippen molar-refractivity contribution in [1.82, 2.24) is 5.32 Å². The van der Waals surface area contributed by atoms with Crippen LogP contribution in [0.4, 0.5) is 5.69 Å². The van der Waals surface area contributed by atoms with Crippen molar-refractivity contribution in [2.75, 3.05) is 25.0 Å². The quantitative estimate of drug-likeness (QED) is 0.906. The Morgan fingerprint density at radius 1 is 1.26 bits per heavy atom. The lowest BCUT2D eigenvalue weighted by Crippen LogP contribution is -2.32. The maximum atomic E-state index is 11.8. The van der Waals surface area contributed by atoms with E-state index in [2.05, 4.69) is 38.3 Å². The molecule has 1 aromatic heterocycles. The van der Waals surface area contributed by atoms with Crippen molar-refractivity contribution >= 4 is 38.9 Å². The first kappa shape index (κ1) is 14.1. The summed E-state index contributed by atoms with van der Waals surface area (Å²) in [5, 5.41) is 2.92. The number of hydrogen-bond donors (Lipinski definition) is 1. The number of rotatable bonds is 5. The normalized spacial score (nSPS) is 10.2. The smallest absolute Gasteiger partial charge is 0.261 e. The predicted octanol–water partition coefficient (Wildman–Crippen LogP) is 3.38. The molecule has 0 radical (unpaired) electrons. The molecule has 1 N–H and O–H groups in total. The van der Waals surface area contributed by atoms with Crippen LogP contribution in [0, 0.1) is 0 Å². The van der Waals surface area contributed by atoms with Gasteiger partial charge in [0.2, 0.25) is 0 Å². The minimum absolute atomic E-state index is 0.0165. The molecule has 0 unspecified atom stereocenters. The number of likely N-dealkylation sites (N-methyl/N-ethyl adjacent to an activating group) is 1. The van der Waals surface area contributed by atoms with Crippen LogP contribution in [0.2, 0.25) is 0 Å². The van der Waals surface area contributed by atoms with Crippen LogP contribution < -0.4 is 10.2 Å². The zero-order valence-electron chi connectivity index (χ0n) is 10.6. The predicted molar refractivity (Wildman–Crippen MR) is 84.1 cm³/mol. The molecule has 0 spiro atoms. The van der Waals surface area contributed by atoms with E-state index in [1.165, 1.54) is 11.3 Å². The highest BCUT2D eigenvalue weighted by molar-refractivity contribution is 9.11. The molecule has 2 aromatic rings. The highest BCUT2D eigenvalue weighted by Crippen LogP contribution is 2.21. The number of nitrogens with one attached hydrogen (secondary N) is 1. The van der Waals surface area contributed by atoms with Crippen LogP contribution in [-0.2, 0) is 0 Å². The lowest BCUT2D eigenvalue weighted by Gasteiger charge is -2.19. The zero-order chi connectivity index (χ0) is 13.7. The molecule has 3 nitrogen and oxygen atoms in total. The van der Waals surface area contributed by atoms with E-state index in [1.54, 1.807) is 0 Å². The average molecular weight is 339 g/mol. The summed E-state index contributed by atoms with van der Waals surface area (Å²) in [6.45, 7) is 1.40. The van der Waals surface area contributed by atoms with Gasteiger partial charge in [0.15, 0.2) is 0 Å². The minimum Gasteiger partial charge on any atom is -0.373 e. The van der Waals surface area contributed by atoms with Gasteiger partial charge in [-0.25, -0.2) is 0 Å². The van der Waals surface area contributed by atoms with E-state index in [-0.39, 0.29) is 5.91 Å². The second-order valence-corrected chi connectivity index (χ2v) is 6.58. The molecule has 2 rings (SSSR count). The summed E-state index contributed by atoms with van der Waals surface area (Å²) in [7, 11) is 2.02. The fourth-order valence-electron chi connectivity index (χ4n) is 1.67. The molecular weight excluding hydrogens is 324 g/mol. The fourth-order valence-corrected chi connectivity index (χ4v) is 2.97. The number of nitrogens with zero attached hydrogens (tertiary/aromatic N) is 1. The van der Waals surface area contributed by atoms with E-state index in [9.17, 15) is 4.79 Å². The van der Waals surface area contributed by atoms with Gasteiger partial charge in [0.1, 0.15) is 0 Å². The molecule has 0 aliphatic heterocycles. The van der Waals surface area contributed by atoms with E-state index in [1.807, 2.05) is 37.4 Å². The van der Waals surface area contributed by atoms with Crippen LogP contribution in [0.3, 0.4) is 0 Å². The molecule has 1 heterocycles. The highest BCUT2D eigenvalue weighted by atomic mass is 79.9. The number of carbonyl (C=O) groups excluding carboxylic acids is 1. The van der Waals surface area contributed by atoms with Crippen molar-refractivity contribution in [3.8, 4) is 0 Å². The van der Waals surface area contributed by atoms with E-state index in [0.29, 0.717) is 6.54 Å². The maximum absolute atomic E-state index is 11.8. The number of benzene rings is 1. The molecule has 0 atom stereocenters. The molecule has 0 saturated carbocycles. The number of amides is 1. The van der Waals surface area contributed by atoms with Gasteiger partial charge in [0, 0.05) is 25.8 Å². The van der Waals surface area contributed by atoms with Gasteiger partial charge in [0.25, 0.3) is 5.91 Å². The third kappa shape index (κ3) is 4.08. The van der Waals surface area contributed by atoms with Crippen molar-refractivity contribution in [3.63, 3.8) is 0 Å².